The molecular formula is C19H22ClFN2O3S. The highest BCUT2D eigenvalue weighted by molar-refractivity contribution is 7.92. The Morgan fingerprint density at radius 2 is 1.67 bits per heavy atom. The summed E-state index contributed by atoms with van der Waals surface area (Å²) in [6, 6.07) is 9.37. The molecule has 146 valence electrons. The summed E-state index contributed by atoms with van der Waals surface area (Å²) < 4.78 is 40.4. The monoisotopic (exact) mass is 412 g/mol. The molecule has 0 atom stereocenters. The fourth-order valence-corrected chi connectivity index (χ4v) is 3.91. The molecule has 27 heavy (non-hydrogen) atoms. The highest BCUT2D eigenvalue weighted by Gasteiger charge is 2.17. The van der Waals surface area contributed by atoms with Crippen molar-refractivity contribution in [2.24, 2.45) is 0 Å². The van der Waals surface area contributed by atoms with Crippen LogP contribution in [-0.2, 0) is 10.0 Å². The fourth-order valence-electron chi connectivity index (χ4n) is 2.58. The summed E-state index contributed by atoms with van der Waals surface area (Å²) in [5.74, 6) is -0.777. The Bertz CT molecular complexity index is 896. The average Bonchev–Trinajstić information content (AvgIpc) is 2.63. The maximum Gasteiger partial charge on any atom is 0.261 e. The molecule has 0 aliphatic rings. The van der Waals surface area contributed by atoms with Crippen LogP contribution in [0.15, 0.2) is 47.4 Å². The molecular weight excluding hydrogens is 391 g/mol. The van der Waals surface area contributed by atoms with Crippen molar-refractivity contribution in [1.29, 1.82) is 0 Å². The van der Waals surface area contributed by atoms with Crippen LogP contribution < -0.4 is 4.72 Å². The number of nitrogens with one attached hydrogen (secondary N) is 1. The Hall–Kier alpha value is -2.12. The first-order chi connectivity index (χ1) is 12.8. The molecule has 2 aromatic carbocycles. The number of sulfonamides is 1. The average molecular weight is 413 g/mol. The molecule has 1 amide bonds. The SMILES string of the molecule is CCCN(CCC)C(=O)c1ccc(NS(=O)(=O)c2ccc(F)c(Cl)c2)cc1. The number of benzene rings is 2. The predicted molar refractivity (Wildman–Crippen MR) is 105 cm³/mol. The normalized spacial score (nSPS) is 11.3. The van der Waals surface area contributed by atoms with Crippen molar-refractivity contribution in [1.82, 2.24) is 4.90 Å². The van der Waals surface area contributed by atoms with Crippen molar-refractivity contribution in [3.8, 4) is 0 Å². The van der Waals surface area contributed by atoms with Gasteiger partial charge >= 0.3 is 0 Å². The number of hydrogen-bond donors (Lipinski definition) is 1. The highest BCUT2D eigenvalue weighted by atomic mass is 35.5. The van der Waals surface area contributed by atoms with E-state index in [0.717, 1.165) is 31.0 Å². The molecule has 0 unspecified atom stereocenters. The van der Waals surface area contributed by atoms with Gasteiger partial charge < -0.3 is 4.90 Å². The number of nitrogens with zero attached hydrogens (tertiary/aromatic N) is 1. The van der Waals surface area contributed by atoms with Gasteiger partial charge in [0, 0.05) is 24.3 Å². The minimum atomic E-state index is -3.92. The number of rotatable bonds is 8. The lowest BCUT2D eigenvalue weighted by molar-refractivity contribution is 0.0755. The van der Waals surface area contributed by atoms with Gasteiger partial charge in [0.25, 0.3) is 15.9 Å². The number of halogens is 2. The van der Waals surface area contributed by atoms with Crippen LogP contribution in [0, 0.1) is 5.82 Å². The molecule has 5 nitrogen and oxygen atoms in total. The predicted octanol–water partition coefficient (Wildman–Crippen LogP) is 4.54. The van der Waals surface area contributed by atoms with Crippen molar-refractivity contribution >= 4 is 33.2 Å². The standard InChI is InChI=1S/C19H22ClFN2O3S/c1-3-11-23(12-4-2)19(24)14-5-7-15(8-6-14)22-27(25,26)16-9-10-18(21)17(20)13-16/h5-10,13,22H,3-4,11-12H2,1-2H3. The maximum absolute atomic E-state index is 13.2. The van der Waals surface area contributed by atoms with E-state index in [1.807, 2.05) is 13.8 Å². The van der Waals surface area contributed by atoms with E-state index in [-0.39, 0.29) is 15.8 Å². The molecule has 2 rings (SSSR count). The van der Waals surface area contributed by atoms with Gasteiger partial charge in [0.15, 0.2) is 0 Å². The van der Waals surface area contributed by atoms with Gasteiger partial charge in [-0.2, -0.15) is 0 Å². The molecule has 1 N–H and O–H groups in total. The third kappa shape index (κ3) is 5.43. The second-order valence-electron chi connectivity index (χ2n) is 6.05. The minimum absolute atomic E-state index is 0.0848. The number of carbonyl (C=O) groups excluding carboxylic acids is 1. The molecule has 0 radical (unpaired) electrons. The molecule has 8 heteroatoms. The van der Waals surface area contributed by atoms with Gasteiger partial charge in [0.2, 0.25) is 0 Å². The molecule has 0 saturated heterocycles. The Morgan fingerprint density at radius 3 is 2.19 bits per heavy atom. The molecule has 0 saturated carbocycles. The van der Waals surface area contributed by atoms with Crippen LogP contribution in [0.25, 0.3) is 0 Å². The first kappa shape index (κ1) is 21.2. The van der Waals surface area contributed by atoms with Gasteiger partial charge in [0.05, 0.1) is 9.92 Å². The zero-order valence-electron chi connectivity index (χ0n) is 15.2. The highest BCUT2D eigenvalue weighted by Crippen LogP contribution is 2.22. The number of anilines is 1. The molecule has 0 spiro atoms. The van der Waals surface area contributed by atoms with Crippen molar-refractivity contribution in [2.75, 3.05) is 17.8 Å². The van der Waals surface area contributed by atoms with E-state index in [9.17, 15) is 17.6 Å². The number of hydrogen-bond acceptors (Lipinski definition) is 3. The van der Waals surface area contributed by atoms with Crippen molar-refractivity contribution in [3.05, 3.63) is 58.9 Å². The number of amides is 1. The minimum Gasteiger partial charge on any atom is -0.339 e. The van der Waals surface area contributed by atoms with E-state index >= 15 is 0 Å². The van der Waals surface area contributed by atoms with Crippen LogP contribution in [0.3, 0.4) is 0 Å². The molecule has 2 aromatic rings. The summed E-state index contributed by atoms with van der Waals surface area (Å²) in [6.45, 7) is 5.36. The molecule has 0 aromatic heterocycles. The lowest BCUT2D eigenvalue weighted by atomic mass is 10.1. The summed E-state index contributed by atoms with van der Waals surface area (Å²) >= 11 is 5.65. The molecule has 0 aliphatic carbocycles. The number of carbonyl (C=O) groups is 1. The van der Waals surface area contributed by atoms with Crippen LogP contribution in [0.1, 0.15) is 37.0 Å². The summed E-state index contributed by atoms with van der Waals surface area (Å²) in [5.41, 5.74) is 0.786. The van der Waals surface area contributed by atoms with E-state index in [4.69, 9.17) is 11.6 Å². The third-order valence-corrected chi connectivity index (χ3v) is 5.53. The van der Waals surface area contributed by atoms with Gasteiger partial charge in [-0.1, -0.05) is 25.4 Å². The zero-order valence-corrected chi connectivity index (χ0v) is 16.8. The van der Waals surface area contributed by atoms with E-state index < -0.39 is 15.8 Å². The Balaban J connectivity index is 2.17. The molecule has 0 aliphatic heterocycles. The molecule has 0 heterocycles. The van der Waals surface area contributed by atoms with Crippen molar-refractivity contribution in [3.63, 3.8) is 0 Å². The fraction of sp³-hybridized carbons (Fsp3) is 0.316. The first-order valence-electron chi connectivity index (χ1n) is 8.65. The van der Waals surface area contributed by atoms with Gasteiger partial charge in [-0.15, -0.1) is 0 Å². The second-order valence-corrected chi connectivity index (χ2v) is 8.14. The summed E-state index contributed by atoms with van der Waals surface area (Å²) in [6.07, 6.45) is 1.73. The van der Waals surface area contributed by atoms with Gasteiger partial charge in [0.1, 0.15) is 5.82 Å². The maximum atomic E-state index is 13.2. The third-order valence-electron chi connectivity index (χ3n) is 3.86. The first-order valence-corrected chi connectivity index (χ1v) is 10.5. The summed E-state index contributed by atoms with van der Waals surface area (Å²) in [7, 11) is -3.92. The van der Waals surface area contributed by atoms with E-state index in [1.165, 1.54) is 12.1 Å². The summed E-state index contributed by atoms with van der Waals surface area (Å²) in [4.78, 5) is 14.2. The van der Waals surface area contributed by atoms with Crippen LogP contribution in [0.2, 0.25) is 5.02 Å². The van der Waals surface area contributed by atoms with Crippen LogP contribution in [0.4, 0.5) is 10.1 Å². The Labute approximate surface area is 164 Å². The topological polar surface area (TPSA) is 66.5 Å². The Kier molecular flexibility index (Phi) is 7.21. The van der Waals surface area contributed by atoms with Gasteiger partial charge in [-0.05, 0) is 55.3 Å². The second kappa shape index (κ2) is 9.19. The van der Waals surface area contributed by atoms with Gasteiger partial charge in [-0.3, -0.25) is 9.52 Å². The zero-order chi connectivity index (χ0) is 20.0. The lowest BCUT2D eigenvalue weighted by Gasteiger charge is -2.21. The van der Waals surface area contributed by atoms with Crippen molar-refractivity contribution < 1.29 is 17.6 Å². The van der Waals surface area contributed by atoms with Gasteiger partial charge in [-0.25, -0.2) is 12.8 Å². The lowest BCUT2D eigenvalue weighted by Crippen LogP contribution is -2.32. The smallest absolute Gasteiger partial charge is 0.261 e. The molecule has 0 fully saturated rings. The largest absolute Gasteiger partial charge is 0.339 e. The van der Waals surface area contributed by atoms with Crippen LogP contribution in [-0.4, -0.2) is 32.3 Å². The Morgan fingerprint density at radius 1 is 1.07 bits per heavy atom. The van der Waals surface area contributed by atoms with E-state index in [0.29, 0.717) is 24.3 Å². The van der Waals surface area contributed by atoms with Crippen LogP contribution in [0.5, 0.6) is 0 Å². The van der Waals surface area contributed by atoms with E-state index in [1.54, 1.807) is 17.0 Å². The quantitative estimate of drug-likeness (QED) is 0.692. The van der Waals surface area contributed by atoms with Crippen molar-refractivity contribution in [2.45, 2.75) is 31.6 Å². The molecule has 0 bridgehead atoms. The van der Waals surface area contributed by atoms with E-state index in [2.05, 4.69) is 4.72 Å². The van der Waals surface area contributed by atoms with Crippen LogP contribution >= 0.6 is 11.6 Å². The summed E-state index contributed by atoms with van der Waals surface area (Å²) in [5, 5.41) is -0.272.